The van der Waals surface area contributed by atoms with E-state index in [1.165, 1.54) is 5.56 Å². The van der Waals surface area contributed by atoms with Gasteiger partial charge in [-0.05, 0) is 12.5 Å². The maximum Gasteiger partial charge on any atom is 0.234 e. The zero-order chi connectivity index (χ0) is 8.27. The van der Waals surface area contributed by atoms with Crippen molar-refractivity contribution >= 4 is 0 Å². The molecular formula is C9H11BrN2. The number of pyridine rings is 1. The van der Waals surface area contributed by atoms with E-state index in [0.717, 1.165) is 5.69 Å². The topological polar surface area (TPSA) is 27.7 Å². The lowest BCUT2D eigenvalue weighted by Crippen LogP contribution is -3.00. The molecule has 0 radical (unpaired) electrons. The second-order valence-corrected chi connectivity index (χ2v) is 2.63. The van der Waals surface area contributed by atoms with Crippen molar-refractivity contribution in [2.24, 2.45) is 0 Å². The number of nitrogens with zero attached hydrogens (tertiary/aromatic N) is 2. The molecule has 64 valence electrons. The van der Waals surface area contributed by atoms with E-state index in [0.29, 0.717) is 6.54 Å². The summed E-state index contributed by atoms with van der Waals surface area (Å²) in [5.41, 5.74) is 2.36. The van der Waals surface area contributed by atoms with Crippen LogP contribution in [0, 0.1) is 25.2 Å². The fourth-order valence-corrected chi connectivity index (χ4v) is 1.04. The molecule has 3 heteroatoms. The van der Waals surface area contributed by atoms with Gasteiger partial charge in [-0.25, -0.2) is 0 Å². The van der Waals surface area contributed by atoms with Crippen LogP contribution in [0.1, 0.15) is 11.3 Å². The van der Waals surface area contributed by atoms with Crippen LogP contribution >= 0.6 is 0 Å². The van der Waals surface area contributed by atoms with Gasteiger partial charge in [-0.15, -0.1) is 0 Å². The zero-order valence-electron chi connectivity index (χ0n) is 7.21. The van der Waals surface area contributed by atoms with Crippen LogP contribution in [0.5, 0.6) is 0 Å². The highest BCUT2D eigenvalue weighted by atomic mass is 79.9. The van der Waals surface area contributed by atoms with Crippen molar-refractivity contribution in [3.8, 4) is 6.07 Å². The van der Waals surface area contributed by atoms with Crippen LogP contribution in [-0.4, -0.2) is 0 Å². The number of hydrogen-bond acceptors (Lipinski definition) is 1. The molecule has 0 bridgehead atoms. The summed E-state index contributed by atoms with van der Waals surface area (Å²) in [4.78, 5) is 0. The van der Waals surface area contributed by atoms with E-state index >= 15 is 0 Å². The van der Waals surface area contributed by atoms with E-state index in [1.54, 1.807) is 0 Å². The minimum Gasteiger partial charge on any atom is -1.00 e. The van der Waals surface area contributed by atoms with Crippen molar-refractivity contribution in [3.63, 3.8) is 0 Å². The molecule has 1 rings (SSSR count). The third kappa shape index (κ3) is 2.63. The number of aryl methyl sites for hydroxylation is 2. The Bertz CT molecular complexity index is 302. The van der Waals surface area contributed by atoms with Crippen molar-refractivity contribution in [2.45, 2.75) is 20.4 Å². The van der Waals surface area contributed by atoms with E-state index in [2.05, 4.69) is 12.1 Å². The molecule has 0 aliphatic carbocycles. The Balaban J connectivity index is 0.00000121. The lowest BCUT2D eigenvalue weighted by atomic mass is 10.2. The molecule has 0 aliphatic rings. The van der Waals surface area contributed by atoms with Gasteiger partial charge in [-0.2, -0.15) is 9.83 Å². The smallest absolute Gasteiger partial charge is 0.234 e. The van der Waals surface area contributed by atoms with E-state index in [4.69, 9.17) is 5.26 Å². The largest absolute Gasteiger partial charge is 1.00 e. The lowest BCUT2D eigenvalue weighted by molar-refractivity contribution is -0.691. The molecule has 0 fully saturated rings. The fraction of sp³-hybridized carbons (Fsp3) is 0.333. The van der Waals surface area contributed by atoms with Gasteiger partial charge in [-0.3, -0.25) is 0 Å². The average Bonchev–Trinajstić information content (AvgIpc) is 1.95. The summed E-state index contributed by atoms with van der Waals surface area (Å²) in [6, 6.07) is 6.18. The summed E-state index contributed by atoms with van der Waals surface area (Å²) in [7, 11) is 0. The first-order chi connectivity index (χ1) is 5.24. The Hall–Kier alpha value is -0.880. The molecule has 1 heterocycles. The zero-order valence-corrected chi connectivity index (χ0v) is 8.80. The van der Waals surface area contributed by atoms with Gasteiger partial charge >= 0.3 is 0 Å². The first-order valence-electron chi connectivity index (χ1n) is 3.57. The third-order valence-electron chi connectivity index (χ3n) is 1.65. The highest BCUT2D eigenvalue weighted by molar-refractivity contribution is 5.08. The second-order valence-electron chi connectivity index (χ2n) is 2.63. The second kappa shape index (κ2) is 4.89. The number of aromatic nitrogens is 1. The van der Waals surface area contributed by atoms with Crippen molar-refractivity contribution < 1.29 is 21.5 Å². The quantitative estimate of drug-likeness (QED) is 0.516. The van der Waals surface area contributed by atoms with Crippen LogP contribution in [0.25, 0.3) is 0 Å². The molecule has 12 heavy (non-hydrogen) atoms. The summed E-state index contributed by atoms with van der Waals surface area (Å²) in [6.07, 6.45) is 1.94. The molecule has 2 nitrogen and oxygen atoms in total. The summed E-state index contributed by atoms with van der Waals surface area (Å²) in [5.74, 6) is 0. The van der Waals surface area contributed by atoms with Gasteiger partial charge in [0.15, 0.2) is 11.9 Å². The van der Waals surface area contributed by atoms with Crippen LogP contribution in [-0.2, 0) is 6.54 Å². The first-order valence-corrected chi connectivity index (χ1v) is 3.57. The Labute approximate surface area is 83.2 Å². The predicted molar refractivity (Wildman–Crippen MR) is 41.7 cm³/mol. The summed E-state index contributed by atoms with van der Waals surface area (Å²) < 4.78 is 1.92. The average molecular weight is 227 g/mol. The Morgan fingerprint density at radius 2 is 2.17 bits per heavy atom. The predicted octanol–water partition coefficient (Wildman–Crippen LogP) is -1.88. The van der Waals surface area contributed by atoms with Crippen LogP contribution in [0.15, 0.2) is 18.3 Å². The van der Waals surface area contributed by atoms with Crippen molar-refractivity contribution in [3.05, 3.63) is 29.6 Å². The summed E-state index contributed by atoms with van der Waals surface area (Å²) >= 11 is 0. The maximum absolute atomic E-state index is 8.44. The molecule has 0 aliphatic heterocycles. The molecule has 0 atom stereocenters. The molecular weight excluding hydrogens is 216 g/mol. The van der Waals surface area contributed by atoms with Gasteiger partial charge in [0.05, 0.1) is 0 Å². The monoisotopic (exact) mass is 226 g/mol. The molecule has 0 N–H and O–H groups in total. The highest BCUT2D eigenvalue weighted by Gasteiger charge is 2.02. The fourth-order valence-electron chi connectivity index (χ4n) is 1.04. The van der Waals surface area contributed by atoms with Gasteiger partial charge in [-0.1, -0.05) is 0 Å². The number of halogens is 1. The van der Waals surface area contributed by atoms with Gasteiger partial charge in [0.2, 0.25) is 6.54 Å². The Morgan fingerprint density at radius 1 is 1.50 bits per heavy atom. The maximum atomic E-state index is 8.44. The van der Waals surface area contributed by atoms with Crippen LogP contribution in [0.4, 0.5) is 0 Å². The molecule has 0 aromatic carbocycles. The van der Waals surface area contributed by atoms with Gasteiger partial charge in [0.25, 0.3) is 0 Å². The summed E-state index contributed by atoms with van der Waals surface area (Å²) in [5, 5.41) is 8.44. The van der Waals surface area contributed by atoms with Crippen molar-refractivity contribution in [1.82, 2.24) is 0 Å². The molecule has 0 saturated heterocycles. The van der Waals surface area contributed by atoms with Crippen LogP contribution in [0.2, 0.25) is 0 Å². The molecule has 0 unspecified atom stereocenters. The minimum atomic E-state index is 0. The molecule has 0 saturated carbocycles. The van der Waals surface area contributed by atoms with E-state index < -0.39 is 0 Å². The van der Waals surface area contributed by atoms with Gasteiger partial charge < -0.3 is 17.0 Å². The number of nitriles is 1. The standard InChI is InChI=1S/C9H11N2.BrH/c1-8-3-5-11(6-4-10)9(2)7-8;/h3,5,7H,6H2,1-2H3;1H/q+1;/p-1. The highest BCUT2D eigenvalue weighted by Crippen LogP contribution is 1.95. The van der Waals surface area contributed by atoms with E-state index in [1.807, 2.05) is 30.7 Å². The molecule has 0 amide bonds. The number of rotatable bonds is 1. The molecule has 1 aromatic heterocycles. The molecule has 1 aromatic rings. The lowest BCUT2D eigenvalue weighted by Gasteiger charge is -1.95. The SMILES string of the molecule is Cc1cc[n+](CC#N)c(C)c1.[Br-]. The Kier molecular flexibility index (Phi) is 4.53. The van der Waals surface area contributed by atoms with Gasteiger partial charge in [0.1, 0.15) is 6.07 Å². The number of hydrogen-bond donors (Lipinski definition) is 0. The van der Waals surface area contributed by atoms with Crippen molar-refractivity contribution in [1.29, 1.82) is 5.26 Å². The van der Waals surface area contributed by atoms with E-state index in [9.17, 15) is 0 Å². The van der Waals surface area contributed by atoms with Crippen molar-refractivity contribution in [2.75, 3.05) is 0 Å². The Morgan fingerprint density at radius 3 is 2.67 bits per heavy atom. The third-order valence-corrected chi connectivity index (χ3v) is 1.65. The normalized spacial score (nSPS) is 8.42. The van der Waals surface area contributed by atoms with Gasteiger partial charge in [0, 0.05) is 19.1 Å². The van der Waals surface area contributed by atoms with Crippen LogP contribution in [0.3, 0.4) is 0 Å². The minimum absolute atomic E-state index is 0. The van der Waals surface area contributed by atoms with E-state index in [-0.39, 0.29) is 17.0 Å². The summed E-state index contributed by atoms with van der Waals surface area (Å²) in [6.45, 7) is 4.49. The first kappa shape index (κ1) is 11.1. The van der Waals surface area contributed by atoms with Crippen LogP contribution < -0.4 is 21.5 Å². The molecule has 0 spiro atoms.